The molecule has 0 bridgehead atoms. The first-order valence-electron chi connectivity index (χ1n) is 6.42. The molecule has 0 radical (unpaired) electrons. The number of piperidine rings is 1. The number of hydrogen-bond donors (Lipinski definition) is 2. The van der Waals surface area contributed by atoms with Crippen LogP contribution in [0.2, 0.25) is 0 Å². The molecule has 0 aromatic carbocycles. The van der Waals surface area contributed by atoms with Crippen molar-refractivity contribution in [3.05, 3.63) is 0 Å². The normalized spacial score (nSPS) is 16.9. The second kappa shape index (κ2) is 7.27. The molecule has 1 saturated heterocycles. The van der Waals surface area contributed by atoms with E-state index >= 15 is 0 Å². The summed E-state index contributed by atoms with van der Waals surface area (Å²) in [6, 6.07) is 0. The minimum atomic E-state index is -0.279. The average Bonchev–Trinajstić information content (AvgIpc) is 2.36. The minimum absolute atomic E-state index is 0.00162. The molecule has 2 amide bonds. The van der Waals surface area contributed by atoms with Crippen LogP contribution in [0.1, 0.15) is 32.6 Å². The topological polar surface area (TPSA) is 75.4 Å². The van der Waals surface area contributed by atoms with Crippen molar-refractivity contribution >= 4 is 11.8 Å². The molecule has 3 N–H and O–H groups in total. The summed E-state index contributed by atoms with van der Waals surface area (Å²) >= 11 is 0. The van der Waals surface area contributed by atoms with E-state index in [0.29, 0.717) is 0 Å². The number of amides is 2. The third-order valence-electron chi connectivity index (χ3n) is 3.29. The number of likely N-dealkylation sites (tertiary alicyclic amines) is 1. The van der Waals surface area contributed by atoms with Gasteiger partial charge in [-0.1, -0.05) is 19.8 Å². The van der Waals surface area contributed by atoms with Crippen LogP contribution in [0.4, 0.5) is 0 Å². The van der Waals surface area contributed by atoms with Gasteiger partial charge in [0, 0.05) is 13.1 Å². The van der Waals surface area contributed by atoms with Crippen LogP contribution >= 0.6 is 0 Å². The molecule has 1 aliphatic heterocycles. The highest BCUT2D eigenvalue weighted by Gasteiger charge is 2.22. The Labute approximate surface area is 103 Å². The van der Waals surface area contributed by atoms with Crippen molar-refractivity contribution in [2.24, 2.45) is 11.7 Å². The summed E-state index contributed by atoms with van der Waals surface area (Å²) < 4.78 is 0. The molecule has 5 nitrogen and oxygen atoms in total. The molecule has 0 aliphatic carbocycles. The molecule has 1 aliphatic rings. The molecule has 1 fully saturated rings. The molecule has 98 valence electrons. The maximum absolute atomic E-state index is 11.8. The zero-order valence-electron chi connectivity index (χ0n) is 10.6. The van der Waals surface area contributed by atoms with Crippen LogP contribution in [0.15, 0.2) is 0 Å². The summed E-state index contributed by atoms with van der Waals surface area (Å²) in [5, 5.41) is 2.51. The van der Waals surface area contributed by atoms with Crippen molar-refractivity contribution in [1.82, 2.24) is 10.2 Å². The van der Waals surface area contributed by atoms with Crippen molar-refractivity contribution < 1.29 is 9.59 Å². The highest BCUT2D eigenvalue weighted by Crippen LogP contribution is 2.21. The number of carbonyl (C=O) groups excluding carboxylic acids is 2. The third kappa shape index (κ3) is 4.73. The van der Waals surface area contributed by atoms with E-state index in [1.54, 1.807) is 0 Å². The van der Waals surface area contributed by atoms with E-state index in [0.717, 1.165) is 31.8 Å². The number of hydrogen-bond acceptors (Lipinski definition) is 3. The average molecular weight is 241 g/mol. The Balaban J connectivity index is 2.23. The first-order chi connectivity index (χ1) is 8.17. The van der Waals surface area contributed by atoms with Gasteiger partial charge >= 0.3 is 0 Å². The predicted octanol–water partition coefficient (Wildman–Crippen LogP) is 0.100. The molecule has 17 heavy (non-hydrogen) atoms. The Bertz CT molecular complexity index is 260. The standard InChI is InChI=1S/C12H23N3O2/c1-2-3-10-4-6-15(7-5-10)12(17)9-14-11(16)8-13/h10H,2-9,13H2,1H3,(H,14,16). The summed E-state index contributed by atoms with van der Waals surface area (Å²) in [6.45, 7) is 3.85. The lowest BCUT2D eigenvalue weighted by molar-refractivity contribution is -0.133. The summed E-state index contributed by atoms with van der Waals surface area (Å²) in [7, 11) is 0. The van der Waals surface area contributed by atoms with Crippen molar-refractivity contribution in [3.63, 3.8) is 0 Å². The second-order valence-corrected chi connectivity index (χ2v) is 4.59. The van der Waals surface area contributed by atoms with Gasteiger partial charge in [0.2, 0.25) is 11.8 Å². The highest BCUT2D eigenvalue weighted by molar-refractivity contribution is 5.85. The summed E-state index contributed by atoms with van der Waals surface area (Å²) in [6.07, 6.45) is 4.64. The van der Waals surface area contributed by atoms with E-state index in [4.69, 9.17) is 5.73 Å². The Kier molecular flexibility index (Phi) is 5.97. The van der Waals surface area contributed by atoms with Crippen LogP contribution in [-0.4, -0.2) is 42.9 Å². The third-order valence-corrected chi connectivity index (χ3v) is 3.29. The van der Waals surface area contributed by atoms with Crippen LogP contribution in [0.3, 0.4) is 0 Å². The first kappa shape index (κ1) is 14.0. The van der Waals surface area contributed by atoms with Gasteiger partial charge in [-0.3, -0.25) is 9.59 Å². The van der Waals surface area contributed by atoms with Crippen LogP contribution in [-0.2, 0) is 9.59 Å². The maximum Gasteiger partial charge on any atom is 0.241 e. The molecular formula is C12H23N3O2. The van der Waals surface area contributed by atoms with Gasteiger partial charge in [0.05, 0.1) is 13.1 Å². The van der Waals surface area contributed by atoms with E-state index in [1.165, 1.54) is 12.8 Å². The fraction of sp³-hybridized carbons (Fsp3) is 0.833. The SMILES string of the molecule is CCCC1CCN(C(=O)CNC(=O)CN)CC1. The van der Waals surface area contributed by atoms with E-state index < -0.39 is 0 Å². The summed E-state index contributed by atoms with van der Waals surface area (Å²) in [5.74, 6) is 0.489. The van der Waals surface area contributed by atoms with Gasteiger partial charge < -0.3 is 16.0 Å². The van der Waals surface area contributed by atoms with E-state index in [1.807, 2.05) is 4.90 Å². The molecule has 0 aromatic heterocycles. The molecule has 1 heterocycles. The Hall–Kier alpha value is -1.10. The molecular weight excluding hydrogens is 218 g/mol. The Morgan fingerprint density at radius 2 is 2.00 bits per heavy atom. The second-order valence-electron chi connectivity index (χ2n) is 4.59. The lowest BCUT2D eigenvalue weighted by Gasteiger charge is -2.32. The fourth-order valence-electron chi connectivity index (χ4n) is 2.24. The van der Waals surface area contributed by atoms with E-state index in [2.05, 4.69) is 12.2 Å². The molecule has 0 aromatic rings. The number of nitrogens with two attached hydrogens (primary N) is 1. The van der Waals surface area contributed by atoms with Gasteiger partial charge in [0.25, 0.3) is 0 Å². The van der Waals surface area contributed by atoms with E-state index in [9.17, 15) is 9.59 Å². The van der Waals surface area contributed by atoms with Gasteiger partial charge in [-0.2, -0.15) is 0 Å². The van der Waals surface area contributed by atoms with Crippen molar-refractivity contribution in [2.75, 3.05) is 26.2 Å². The van der Waals surface area contributed by atoms with Crippen molar-refractivity contribution in [2.45, 2.75) is 32.6 Å². The van der Waals surface area contributed by atoms with Gasteiger partial charge in [0.1, 0.15) is 0 Å². The quantitative estimate of drug-likeness (QED) is 0.717. The van der Waals surface area contributed by atoms with Gasteiger partial charge in [0.15, 0.2) is 0 Å². The molecule has 0 atom stereocenters. The van der Waals surface area contributed by atoms with Crippen LogP contribution < -0.4 is 11.1 Å². The lowest BCUT2D eigenvalue weighted by atomic mass is 9.92. The highest BCUT2D eigenvalue weighted by atomic mass is 16.2. The van der Waals surface area contributed by atoms with E-state index in [-0.39, 0.29) is 24.9 Å². The summed E-state index contributed by atoms with van der Waals surface area (Å²) in [4.78, 5) is 24.5. The Morgan fingerprint density at radius 3 is 2.53 bits per heavy atom. The zero-order chi connectivity index (χ0) is 12.7. The molecule has 5 heteroatoms. The predicted molar refractivity (Wildman–Crippen MR) is 66.3 cm³/mol. The van der Waals surface area contributed by atoms with Gasteiger partial charge in [-0.25, -0.2) is 0 Å². The first-order valence-corrected chi connectivity index (χ1v) is 6.42. The van der Waals surface area contributed by atoms with Crippen LogP contribution in [0.5, 0.6) is 0 Å². The summed E-state index contributed by atoms with van der Waals surface area (Å²) in [5.41, 5.74) is 5.15. The molecule has 0 spiro atoms. The molecule has 1 rings (SSSR count). The molecule has 0 saturated carbocycles. The maximum atomic E-state index is 11.8. The number of nitrogens with zero attached hydrogens (tertiary/aromatic N) is 1. The smallest absolute Gasteiger partial charge is 0.241 e. The monoisotopic (exact) mass is 241 g/mol. The van der Waals surface area contributed by atoms with Crippen molar-refractivity contribution in [3.8, 4) is 0 Å². The van der Waals surface area contributed by atoms with Gasteiger partial charge in [-0.05, 0) is 18.8 Å². The number of carbonyl (C=O) groups is 2. The number of nitrogens with one attached hydrogen (secondary N) is 1. The minimum Gasteiger partial charge on any atom is -0.346 e. The fourth-order valence-corrected chi connectivity index (χ4v) is 2.24. The molecule has 0 unspecified atom stereocenters. The zero-order valence-corrected chi connectivity index (χ0v) is 10.6. The Morgan fingerprint density at radius 1 is 1.35 bits per heavy atom. The largest absolute Gasteiger partial charge is 0.346 e. The van der Waals surface area contributed by atoms with Crippen LogP contribution in [0, 0.1) is 5.92 Å². The van der Waals surface area contributed by atoms with Crippen LogP contribution in [0.25, 0.3) is 0 Å². The van der Waals surface area contributed by atoms with Crippen molar-refractivity contribution in [1.29, 1.82) is 0 Å². The van der Waals surface area contributed by atoms with Gasteiger partial charge in [-0.15, -0.1) is 0 Å². The lowest BCUT2D eigenvalue weighted by Crippen LogP contribution is -2.45. The number of rotatable bonds is 5.